The van der Waals surface area contributed by atoms with Gasteiger partial charge < -0.3 is 0 Å². The van der Waals surface area contributed by atoms with E-state index in [0.29, 0.717) is 57.2 Å². The van der Waals surface area contributed by atoms with Gasteiger partial charge in [-0.25, -0.2) is 0 Å². The summed E-state index contributed by atoms with van der Waals surface area (Å²) in [4.78, 5) is 55.2. The number of carbonyl (C=O) groups excluding carboxylic acids is 4. The molecule has 0 aliphatic carbocycles. The maximum atomic E-state index is 13.1. The molecule has 0 radical (unpaired) electrons. The SMILES string of the molecule is CCCCN1C(=O)c2cccc3c(C#CC#Cc4ccc5c6c(cccc46)C(=O)N(CCCC)C5=O)ccc(c23)C1=O. The molecule has 0 unspecified atom stereocenters. The number of amides is 4. The van der Waals surface area contributed by atoms with Gasteiger partial charge in [-0.05, 0) is 71.9 Å². The van der Waals surface area contributed by atoms with E-state index in [1.54, 1.807) is 36.4 Å². The number of nitrogens with zero attached hydrogens (tertiary/aromatic N) is 2. The second kappa shape index (κ2) is 11.0. The standard InChI is InChI=1S/C36H28N2O4/c1-3-5-21-37-33(39)27-15-9-13-25-23(17-19-29(31(25)27)35(37)41)11-7-8-12-24-18-20-30-32-26(24)14-10-16-28(32)34(40)38(36(30)42)22-6-4-2/h9-10,13-20H,3-6,21-22H2,1-2H3. The highest BCUT2D eigenvalue weighted by Crippen LogP contribution is 2.33. The molecule has 4 aromatic carbocycles. The molecule has 0 spiro atoms. The van der Waals surface area contributed by atoms with E-state index in [1.807, 2.05) is 38.1 Å². The van der Waals surface area contributed by atoms with E-state index in [-0.39, 0.29) is 23.6 Å². The van der Waals surface area contributed by atoms with Crippen LogP contribution in [0.15, 0.2) is 60.7 Å². The average Bonchev–Trinajstić information content (AvgIpc) is 3.01. The summed E-state index contributed by atoms with van der Waals surface area (Å²) in [6.45, 7) is 4.85. The summed E-state index contributed by atoms with van der Waals surface area (Å²) in [6, 6.07) is 17.9. The van der Waals surface area contributed by atoms with E-state index in [0.717, 1.165) is 36.5 Å². The lowest BCUT2D eigenvalue weighted by molar-refractivity contribution is 0.0593. The third-order valence-electron chi connectivity index (χ3n) is 7.91. The quantitative estimate of drug-likeness (QED) is 0.211. The van der Waals surface area contributed by atoms with Gasteiger partial charge in [0, 0.05) is 57.2 Å². The molecule has 6 rings (SSSR count). The van der Waals surface area contributed by atoms with Crippen LogP contribution in [0.5, 0.6) is 0 Å². The molecule has 206 valence electrons. The zero-order valence-corrected chi connectivity index (χ0v) is 23.5. The van der Waals surface area contributed by atoms with E-state index >= 15 is 0 Å². The van der Waals surface area contributed by atoms with Gasteiger partial charge in [0.05, 0.1) is 0 Å². The molecule has 0 atom stereocenters. The lowest BCUT2D eigenvalue weighted by Gasteiger charge is -2.27. The summed E-state index contributed by atoms with van der Waals surface area (Å²) in [5.74, 6) is 10.9. The zero-order chi connectivity index (χ0) is 29.4. The third kappa shape index (κ3) is 4.33. The monoisotopic (exact) mass is 552 g/mol. The fourth-order valence-corrected chi connectivity index (χ4v) is 5.75. The van der Waals surface area contributed by atoms with Crippen molar-refractivity contribution in [2.75, 3.05) is 13.1 Å². The number of benzene rings is 4. The second-order valence-electron chi connectivity index (χ2n) is 10.5. The average molecular weight is 553 g/mol. The van der Waals surface area contributed by atoms with Gasteiger partial charge in [0.1, 0.15) is 0 Å². The van der Waals surface area contributed by atoms with Crippen LogP contribution in [0.1, 0.15) is 92.1 Å². The first-order chi connectivity index (χ1) is 20.5. The molecule has 4 aromatic rings. The lowest BCUT2D eigenvalue weighted by atomic mass is 9.91. The molecule has 6 nitrogen and oxygen atoms in total. The van der Waals surface area contributed by atoms with Gasteiger partial charge in [-0.2, -0.15) is 0 Å². The van der Waals surface area contributed by atoms with Crippen molar-refractivity contribution in [1.29, 1.82) is 0 Å². The Morgan fingerprint density at radius 3 is 1.29 bits per heavy atom. The Hall–Kier alpha value is -5.20. The Balaban J connectivity index is 1.35. The number of rotatable bonds is 6. The third-order valence-corrected chi connectivity index (χ3v) is 7.91. The molecular formula is C36H28N2O4. The van der Waals surface area contributed by atoms with E-state index < -0.39 is 0 Å². The second-order valence-corrected chi connectivity index (χ2v) is 10.5. The molecule has 2 heterocycles. The zero-order valence-electron chi connectivity index (χ0n) is 23.5. The van der Waals surface area contributed by atoms with Crippen molar-refractivity contribution < 1.29 is 19.2 Å². The molecule has 4 amide bonds. The van der Waals surface area contributed by atoms with Crippen molar-refractivity contribution in [3.8, 4) is 23.7 Å². The maximum absolute atomic E-state index is 13.1. The predicted octanol–water partition coefficient (Wildman–Crippen LogP) is 6.19. The summed E-state index contributed by atoms with van der Waals surface area (Å²) in [6.07, 6.45) is 3.29. The van der Waals surface area contributed by atoms with Crippen LogP contribution in [0.3, 0.4) is 0 Å². The molecule has 0 bridgehead atoms. The minimum absolute atomic E-state index is 0.273. The topological polar surface area (TPSA) is 74.8 Å². The largest absolute Gasteiger partial charge is 0.274 e. The molecule has 2 aliphatic heterocycles. The fourth-order valence-electron chi connectivity index (χ4n) is 5.75. The molecule has 0 N–H and O–H groups in total. The number of carbonyl (C=O) groups is 4. The lowest BCUT2D eigenvalue weighted by Crippen LogP contribution is -2.40. The first kappa shape index (κ1) is 27.0. The van der Waals surface area contributed by atoms with Crippen LogP contribution in [0, 0.1) is 23.7 Å². The van der Waals surface area contributed by atoms with Gasteiger partial charge >= 0.3 is 0 Å². The van der Waals surface area contributed by atoms with Crippen LogP contribution in [-0.2, 0) is 0 Å². The van der Waals surface area contributed by atoms with Crippen molar-refractivity contribution in [1.82, 2.24) is 9.80 Å². The van der Waals surface area contributed by atoms with Gasteiger partial charge in [0.2, 0.25) is 0 Å². The van der Waals surface area contributed by atoms with Gasteiger partial charge in [-0.15, -0.1) is 0 Å². The van der Waals surface area contributed by atoms with Crippen LogP contribution in [0.25, 0.3) is 21.5 Å². The molecule has 2 aliphatic rings. The number of hydrogen-bond acceptors (Lipinski definition) is 4. The van der Waals surface area contributed by atoms with Crippen molar-refractivity contribution in [2.45, 2.75) is 39.5 Å². The van der Waals surface area contributed by atoms with E-state index in [4.69, 9.17) is 0 Å². The Bertz CT molecular complexity index is 1780. The highest BCUT2D eigenvalue weighted by atomic mass is 16.2. The predicted molar refractivity (Wildman–Crippen MR) is 162 cm³/mol. The van der Waals surface area contributed by atoms with Crippen molar-refractivity contribution in [3.05, 3.63) is 94.0 Å². The van der Waals surface area contributed by atoms with Crippen molar-refractivity contribution >= 4 is 45.2 Å². The molecule has 0 aromatic heterocycles. The summed E-state index contributed by atoms with van der Waals surface area (Å²) in [5, 5.41) is 2.74. The molecule has 0 saturated carbocycles. The first-order valence-corrected chi connectivity index (χ1v) is 14.3. The van der Waals surface area contributed by atoms with Crippen LogP contribution in [0.2, 0.25) is 0 Å². The minimum Gasteiger partial charge on any atom is -0.274 e. The van der Waals surface area contributed by atoms with Gasteiger partial charge in [-0.3, -0.25) is 29.0 Å². The van der Waals surface area contributed by atoms with Crippen molar-refractivity contribution in [2.24, 2.45) is 0 Å². The Morgan fingerprint density at radius 2 is 0.905 bits per heavy atom. The van der Waals surface area contributed by atoms with E-state index in [1.165, 1.54) is 9.80 Å². The molecule has 6 heteroatoms. The number of unbranched alkanes of at least 4 members (excludes halogenated alkanes) is 2. The van der Waals surface area contributed by atoms with Gasteiger partial charge in [0.15, 0.2) is 0 Å². The number of hydrogen-bond donors (Lipinski definition) is 0. The first-order valence-electron chi connectivity index (χ1n) is 14.3. The van der Waals surface area contributed by atoms with Gasteiger partial charge in [-0.1, -0.05) is 62.8 Å². The Kier molecular flexibility index (Phi) is 7.07. The summed E-state index contributed by atoms with van der Waals surface area (Å²) in [5.41, 5.74) is 3.38. The molecule has 0 saturated heterocycles. The van der Waals surface area contributed by atoms with Gasteiger partial charge in [0.25, 0.3) is 23.6 Å². The van der Waals surface area contributed by atoms with Crippen LogP contribution in [0.4, 0.5) is 0 Å². The normalized spacial score (nSPS) is 13.8. The molecular weight excluding hydrogens is 524 g/mol. The van der Waals surface area contributed by atoms with E-state index in [2.05, 4.69) is 23.7 Å². The van der Waals surface area contributed by atoms with Crippen LogP contribution < -0.4 is 0 Å². The maximum Gasteiger partial charge on any atom is 0.261 e. The summed E-state index contributed by atoms with van der Waals surface area (Å²) >= 11 is 0. The smallest absolute Gasteiger partial charge is 0.261 e. The highest BCUT2D eigenvalue weighted by molar-refractivity contribution is 6.27. The summed E-state index contributed by atoms with van der Waals surface area (Å²) < 4.78 is 0. The van der Waals surface area contributed by atoms with E-state index in [9.17, 15) is 19.2 Å². The molecule has 42 heavy (non-hydrogen) atoms. The Morgan fingerprint density at radius 1 is 0.524 bits per heavy atom. The Labute approximate surface area is 244 Å². The van der Waals surface area contributed by atoms with Crippen LogP contribution in [-0.4, -0.2) is 46.5 Å². The van der Waals surface area contributed by atoms with Crippen molar-refractivity contribution in [3.63, 3.8) is 0 Å². The summed E-state index contributed by atoms with van der Waals surface area (Å²) in [7, 11) is 0. The van der Waals surface area contributed by atoms with Crippen LogP contribution >= 0.6 is 0 Å². The molecule has 0 fully saturated rings. The minimum atomic E-state index is -0.273. The highest BCUT2D eigenvalue weighted by Gasteiger charge is 2.34. The fraction of sp³-hybridized carbons (Fsp3) is 0.222. The number of imide groups is 2.